The molecule has 3 aromatic rings. The van der Waals surface area contributed by atoms with Gasteiger partial charge in [-0.2, -0.15) is 0 Å². The summed E-state index contributed by atoms with van der Waals surface area (Å²) in [4.78, 5) is 20.1. The summed E-state index contributed by atoms with van der Waals surface area (Å²) in [5, 5.41) is 2.82. The summed E-state index contributed by atoms with van der Waals surface area (Å²) in [5.74, 6) is -0.0446. The SMILES string of the molecule is Nc1ncccc1C(=O)Nc1ccc(Cc2ccncc2)cc1. The highest BCUT2D eigenvalue weighted by atomic mass is 16.1. The number of hydrogen-bond donors (Lipinski definition) is 2. The summed E-state index contributed by atoms with van der Waals surface area (Å²) in [6, 6.07) is 15.0. The molecule has 0 spiro atoms. The Kier molecular flexibility index (Phi) is 4.29. The maximum atomic E-state index is 12.2. The van der Waals surface area contributed by atoms with Gasteiger partial charge in [0.1, 0.15) is 5.82 Å². The van der Waals surface area contributed by atoms with Crippen LogP contribution in [0.1, 0.15) is 21.5 Å². The minimum atomic E-state index is -0.266. The Morgan fingerprint density at radius 2 is 1.65 bits per heavy atom. The van der Waals surface area contributed by atoms with Crippen LogP contribution in [0.25, 0.3) is 0 Å². The number of nitrogens with two attached hydrogens (primary N) is 1. The zero-order valence-corrected chi connectivity index (χ0v) is 12.4. The van der Waals surface area contributed by atoms with Crippen LogP contribution in [-0.2, 0) is 6.42 Å². The van der Waals surface area contributed by atoms with E-state index in [2.05, 4.69) is 15.3 Å². The van der Waals surface area contributed by atoms with Crippen molar-refractivity contribution >= 4 is 17.4 Å². The van der Waals surface area contributed by atoms with Gasteiger partial charge in [-0.3, -0.25) is 9.78 Å². The van der Waals surface area contributed by atoms with Crippen LogP contribution in [0.2, 0.25) is 0 Å². The van der Waals surface area contributed by atoms with E-state index >= 15 is 0 Å². The molecule has 5 nitrogen and oxygen atoms in total. The van der Waals surface area contributed by atoms with E-state index in [-0.39, 0.29) is 11.7 Å². The Morgan fingerprint density at radius 3 is 2.35 bits per heavy atom. The molecule has 0 atom stereocenters. The van der Waals surface area contributed by atoms with Crippen molar-refractivity contribution in [3.05, 3.63) is 83.8 Å². The van der Waals surface area contributed by atoms with Crippen molar-refractivity contribution in [2.45, 2.75) is 6.42 Å². The van der Waals surface area contributed by atoms with Crippen molar-refractivity contribution in [1.82, 2.24) is 9.97 Å². The zero-order chi connectivity index (χ0) is 16.1. The second kappa shape index (κ2) is 6.70. The Labute approximate surface area is 134 Å². The molecular weight excluding hydrogens is 288 g/mol. The first-order valence-electron chi connectivity index (χ1n) is 7.22. The third-order valence-corrected chi connectivity index (χ3v) is 3.45. The van der Waals surface area contributed by atoms with E-state index in [0.717, 1.165) is 17.7 Å². The molecule has 114 valence electrons. The number of benzene rings is 1. The van der Waals surface area contributed by atoms with Crippen LogP contribution in [-0.4, -0.2) is 15.9 Å². The van der Waals surface area contributed by atoms with Crippen LogP contribution < -0.4 is 11.1 Å². The molecular formula is C18H16N4O. The topological polar surface area (TPSA) is 80.9 Å². The number of carbonyl (C=O) groups is 1. The molecule has 0 aliphatic rings. The van der Waals surface area contributed by atoms with Gasteiger partial charge in [0.2, 0.25) is 0 Å². The summed E-state index contributed by atoms with van der Waals surface area (Å²) < 4.78 is 0. The van der Waals surface area contributed by atoms with Gasteiger partial charge in [-0.15, -0.1) is 0 Å². The van der Waals surface area contributed by atoms with E-state index in [1.165, 1.54) is 5.56 Å². The normalized spacial score (nSPS) is 10.3. The maximum absolute atomic E-state index is 12.2. The molecule has 0 fully saturated rings. The summed E-state index contributed by atoms with van der Waals surface area (Å²) in [5.41, 5.74) is 9.15. The van der Waals surface area contributed by atoms with Crippen molar-refractivity contribution in [2.24, 2.45) is 0 Å². The summed E-state index contributed by atoms with van der Waals surface area (Å²) in [6.45, 7) is 0. The highest BCUT2D eigenvalue weighted by Gasteiger charge is 2.10. The Morgan fingerprint density at radius 1 is 0.957 bits per heavy atom. The van der Waals surface area contributed by atoms with Crippen molar-refractivity contribution in [3.8, 4) is 0 Å². The van der Waals surface area contributed by atoms with E-state index in [4.69, 9.17) is 5.73 Å². The van der Waals surface area contributed by atoms with Crippen LogP contribution in [0.5, 0.6) is 0 Å². The average molecular weight is 304 g/mol. The molecule has 0 bridgehead atoms. The predicted molar refractivity (Wildman–Crippen MR) is 90.1 cm³/mol. The van der Waals surface area contributed by atoms with Gasteiger partial charge >= 0.3 is 0 Å². The first-order valence-corrected chi connectivity index (χ1v) is 7.22. The lowest BCUT2D eigenvalue weighted by Gasteiger charge is -2.08. The van der Waals surface area contributed by atoms with Gasteiger partial charge in [0.05, 0.1) is 5.56 Å². The standard InChI is InChI=1S/C18H16N4O/c19-17-16(2-1-9-21-17)18(23)22-15-5-3-13(4-6-15)12-14-7-10-20-11-8-14/h1-11H,12H2,(H2,19,21)(H,22,23). The van der Waals surface area contributed by atoms with Gasteiger partial charge in [-0.1, -0.05) is 12.1 Å². The number of aromatic nitrogens is 2. The minimum absolute atomic E-state index is 0.222. The van der Waals surface area contributed by atoms with E-state index in [1.54, 1.807) is 30.7 Å². The van der Waals surface area contributed by atoms with E-state index < -0.39 is 0 Å². The highest BCUT2D eigenvalue weighted by Crippen LogP contribution is 2.15. The molecule has 0 unspecified atom stereocenters. The summed E-state index contributed by atoms with van der Waals surface area (Å²) in [6.07, 6.45) is 5.94. The van der Waals surface area contributed by atoms with Gasteiger partial charge in [0.15, 0.2) is 0 Å². The zero-order valence-electron chi connectivity index (χ0n) is 12.4. The number of pyridine rings is 2. The number of rotatable bonds is 4. The molecule has 2 aromatic heterocycles. The number of amides is 1. The number of hydrogen-bond acceptors (Lipinski definition) is 4. The minimum Gasteiger partial charge on any atom is -0.383 e. The molecule has 2 heterocycles. The number of nitrogens with one attached hydrogen (secondary N) is 1. The number of carbonyl (C=O) groups excluding carboxylic acids is 1. The summed E-state index contributed by atoms with van der Waals surface area (Å²) in [7, 11) is 0. The van der Waals surface area contributed by atoms with Crippen LogP contribution in [0.15, 0.2) is 67.1 Å². The second-order valence-corrected chi connectivity index (χ2v) is 5.12. The third kappa shape index (κ3) is 3.71. The molecule has 1 aromatic carbocycles. The predicted octanol–water partition coefficient (Wildman–Crippen LogP) is 2.90. The summed E-state index contributed by atoms with van der Waals surface area (Å²) >= 11 is 0. The first-order chi connectivity index (χ1) is 11.2. The van der Waals surface area contributed by atoms with Gasteiger partial charge in [-0.25, -0.2) is 4.98 Å². The lowest BCUT2D eigenvalue weighted by atomic mass is 10.1. The average Bonchev–Trinajstić information content (AvgIpc) is 2.58. The van der Waals surface area contributed by atoms with Crippen molar-refractivity contribution in [2.75, 3.05) is 11.1 Å². The number of anilines is 2. The lowest BCUT2D eigenvalue weighted by Crippen LogP contribution is -2.14. The van der Waals surface area contributed by atoms with E-state index in [1.807, 2.05) is 36.4 Å². The Bertz CT molecular complexity index is 801. The molecule has 3 rings (SSSR count). The van der Waals surface area contributed by atoms with Crippen LogP contribution in [0, 0.1) is 0 Å². The van der Waals surface area contributed by atoms with Crippen LogP contribution in [0.4, 0.5) is 11.5 Å². The quantitative estimate of drug-likeness (QED) is 0.776. The third-order valence-electron chi connectivity index (χ3n) is 3.45. The van der Waals surface area contributed by atoms with Crippen LogP contribution >= 0.6 is 0 Å². The van der Waals surface area contributed by atoms with Crippen molar-refractivity contribution in [1.29, 1.82) is 0 Å². The molecule has 5 heteroatoms. The molecule has 0 saturated carbocycles. The molecule has 0 saturated heterocycles. The fourth-order valence-corrected chi connectivity index (χ4v) is 2.25. The molecule has 1 amide bonds. The fraction of sp³-hybridized carbons (Fsp3) is 0.0556. The van der Waals surface area contributed by atoms with Gasteiger partial charge in [0.25, 0.3) is 5.91 Å². The van der Waals surface area contributed by atoms with E-state index in [9.17, 15) is 4.79 Å². The number of nitrogen functional groups attached to an aromatic ring is 1. The largest absolute Gasteiger partial charge is 0.383 e. The van der Waals surface area contributed by atoms with E-state index in [0.29, 0.717) is 5.56 Å². The fourth-order valence-electron chi connectivity index (χ4n) is 2.25. The monoisotopic (exact) mass is 304 g/mol. The van der Waals surface area contributed by atoms with Crippen molar-refractivity contribution in [3.63, 3.8) is 0 Å². The Balaban J connectivity index is 1.68. The van der Waals surface area contributed by atoms with Gasteiger partial charge < -0.3 is 11.1 Å². The molecule has 23 heavy (non-hydrogen) atoms. The highest BCUT2D eigenvalue weighted by molar-refractivity contribution is 6.07. The molecule has 0 aliphatic heterocycles. The lowest BCUT2D eigenvalue weighted by molar-refractivity contribution is 0.102. The molecule has 0 aliphatic carbocycles. The van der Waals surface area contributed by atoms with Gasteiger partial charge in [0, 0.05) is 24.3 Å². The van der Waals surface area contributed by atoms with Crippen LogP contribution in [0.3, 0.4) is 0 Å². The Hall–Kier alpha value is -3.21. The maximum Gasteiger partial charge on any atom is 0.259 e. The molecule has 3 N–H and O–H groups in total. The molecule has 0 radical (unpaired) electrons. The number of nitrogens with zero attached hydrogens (tertiary/aromatic N) is 2. The second-order valence-electron chi connectivity index (χ2n) is 5.12. The van der Waals surface area contributed by atoms with Crippen molar-refractivity contribution < 1.29 is 4.79 Å². The van der Waals surface area contributed by atoms with Gasteiger partial charge in [-0.05, 0) is 53.9 Å². The first kappa shape index (κ1) is 14.7. The smallest absolute Gasteiger partial charge is 0.259 e.